The first kappa shape index (κ1) is 31.8. The Kier molecular flexibility index (Phi) is 8.16. The summed E-state index contributed by atoms with van der Waals surface area (Å²) < 4.78 is 18.7. The SMILES string of the molecule is Cc1nonc1C(=O)N[C@H](C(=O)Nc1ccc2c(c1)CC(C(=O)Nc1cccc(F)c1)(N1C[C@@H](C(C)C)NC1=O)C2)C(C1CC1)C1CC1. The van der Waals surface area contributed by atoms with Crippen LogP contribution in [-0.2, 0) is 22.4 Å². The molecule has 2 saturated carbocycles. The molecule has 4 aliphatic rings. The van der Waals surface area contributed by atoms with E-state index in [1.807, 2.05) is 26.0 Å². The third-order valence-electron chi connectivity index (χ3n) is 10.4. The summed E-state index contributed by atoms with van der Waals surface area (Å²) in [6.45, 7) is 6.00. The van der Waals surface area contributed by atoms with Crippen LogP contribution in [0.25, 0.3) is 0 Å². The Labute approximate surface area is 277 Å². The molecular formula is C35H40FN7O5. The van der Waals surface area contributed by atoms with Crippen LogP contribution in [-0.4, -0.2) is 63.1 Å². The summed E-state index contributed by atoms with van der Waals surface area (Å²) >= 11 is 0. The molecule has 0 spiro atoms. The highest BCUT2D eigenvalue weighted by Crippen LogP contribution is 2.51. The highest BCUT2D eigenvalue weighted by molar-refractivity contribution is 6.03. The molecule has 12 nitrogen and oxygen atoms in total. The molecule has 1 aliphatic heterocycles. The molecule has 3 fully saturated rings. The first-order valence-corrected chi connectivity index (χ1v) is 16.7. The first-order chi connectivity index (χ1) is 23.0. The van der Waals surface area contributed by atoms with E-state index in [-0.39, 0.29) is 48.4 Å². The van der Waals surface area contributed by atoms with Crippen molar-refractivity contribution >= 4 is 35.1 Å². The molecule has 252 valence electrons. The van der Waals surface area contributed by atoms with E-state index in [0.29, 0.717) is 35.4 Å². The van der Waals surface area contributed by atoms with Crippen LogP contribution in [0.4, 0.5) is 20.6 Å². The van der Waals surface area contributed by atoms with Gasteiger partial charge in [-0.2, -0.15) is 0 Å². The zero-order valence-corrected chi connectivity index (χ0v) is 27.2. The molecular weight excluding hydrogens is 617 g/mol. The van der Waals surface area contributed by atoms with Crippen molar-refractivity contribution < 1.29 is 28.2 Å². The van der Waals surface area contributed by atoms with Gasteiger partial charge in [0.2, 0.25) is 5.91 Å². The fourth-order valence-electron chi connectivity index (χ4n) is 7.42. The van der Waals surface area contributed by atoms with Gasteiger partial charge in [-0.05, 0) is 103 Å². The number of anilines is 2. The predicted octanol–water partition coefficient (Wildman–Crippen LogP) is 4.22. The number of fused-ring (bicyclic) bond motifs is 1. The Hall–Kier alpha value is -4.81. The number of urea groups is 1. The number of carbonyl (C=O) groups excluding carboxylic acids is 4. The number of nitrogens with one attached hydrogen (secondary N) is 4. The number of aryl methyl sites for hydroxylation is 1. The molecule has 1 unspecified atom stereocenters. The van der Waals surface area contributed by atoms with Crippen molar-refractivity contribution in [1.29, 1.82) is 0 Å². The quantitative estimate of drug-likeness (QED) is 0.240. The van der Waals surface area contributed by atoms with Crippen molar-refractivity contribution in [1.82, 2.24) is 25.8 Å². The van der Waals surface area contributed by atoms with Crippen LogP contribution in [0.2, 0.25) is 0 Å². The Balaban J connectivity index is 1.15. The summed E-state index contributed by atoms with van der Waals surface area (Å²) in [6.07, 6.45) is 4.54. The number of halogens is 1. The smallest absolute Gasteiger partial charge is 0.318 e. The standard InChI is InChI=1S/C35H40FN7O5/c1-18(2)27-17-43(34(47)39-27)35(33(46)38-25-6-4-5-24(36)14-25)15-22-11-12-26(13-23(22)16-35)37-32(45)30(28(20-7-8-20)21-9-10-21)40-31(44)29-19(3)41-48-42-29/h4-6,11-14,18,20-21,27-28,30H,7-10,15-17H2,1-3H3,(H,37,45)(H,38,46)(H,39,47)(H,40,44)/t27-,30-,35?/m0/s1. The summed E-state index contributed by atoms with van der Waals surface area (Å²) in [6, 6.07) is 9.92. The number of amides is 5. The second-order valence-electron chi connectivity index (χ2n) is 14.1. The zero-order valence-electron chi connectivity index (χ0n) is 27.2. The molecule has 7 rings (SSSR count). The predicted molar refractivity (Wildman–Crippen MR) is 173 cm³/mol. The van der Waals surface area contributed by atoms with Gasteiger partial charge < -0.3 is 26.2 Å². The lowest BCUT2D eigenvalue weighted by Gasteiger charge is -2.36. The Bertz CT molecular complexity index is 1760. The third-order valence-corrected chi connectivity index (χ3v) is 10.4. The zero-order chi connectivity index (χ0) is 33.7. The van der Waals surface area contributed by atoms with Gasteiger partial charge in [0.1, 0.15) is 23.1 Å². The van der Waals surface area contributed by atoms with Gasteiger partial charge in [0, 0.05) is 30.8 Å². The number of carbonyl (C=O) groups is 4. The molecule has 13 heteroatoms. The molecule has 48 heavy (non-hydrogen) atoms. The molecule has 3 aromatic rings. The monoisotopic (exact) mass is 657 g/mol. The van der Waals surface area contributed by atoms with Crippen LogP contribution in [0.5, 0.6) is 0 Å². The maximum Gasteiger partial charge on any atom is 0.318 e. The van der Waals surface area contributed by atoms with Crippen LogP contribution < -0.4 is 21.3 Å². The molecule has 3 aliphatic carbocycles. The van der Waals surface area contributed by atoms with Crippen molar-refractivity contribution in [2.24, 2.45) is 23.7 Å². The molecule has 0 radical (unpaired) electrons. The van der Waals surface area contributed by atoms with E-state index in [9.17, 15) is 23.6 Å². The highest BCUT2D eigenvalue weighted by atomic mass is 19.1. The molecule has 5 amide bonds. The van der Waals surface area contributed by atoms with Crippen LogP contribution in [0.1, 0.15) is 66.8 Å². The summed E-state index contributed by atoms with van der Waals surface area (Å²) in [5, 5.41) is 19.3. The second-order valence-corrected chi connectivity index (χ2v) is 14.1. The summed E-state index contributed by atoms with van der Waals surface area (Å²) in [5.74, 6) is -0.839. The number of rotatable bonds is 11. The normalized spacial score (nSPS) is 22.4. The van der Waals surface area contributed by atoms with Crippen LogP contribution in [0.3, 0.4) is 0 Å². The maximum atomic E-state index is 14.1. The third kappa shape index (κ3) is 6.13. The lowest BCUT2D eigenvalue weighted by Crippen LogP contribution is -2.59. The van der Waals surface area contributed by atoms with E-state index in [1.165, 1.54) is 18.2 Å². The Morgan fingerprint density at radius 2 is 1.69 bits per heavy atom. The topological polar surface area (TPSA) is 159 Å². The fraction of sp³-hybridized carbons (Fsp3) is 0.486. The van der Waals surface area contributed by atoms with Crippen molar-refractivity contribution in [3.63, 3.8) is 0 Å². The van der Waals surface area contributed by atoms with Gasteiger partial charge in [-0.25, -0.2) is 13.8 Å². The summed E-state index contributed by atoms with van der Waals surface area (Å²) in [4.78, 5) is 56.3. The van der Waals surface area contributed by atoms with E-state index < -0.39 is 29.2 Å². The minimum Gasteiger partial charge on any atom is -0.338 e. The molecule has 4 N–H and O–H groups in total. The van der Waals surface area contributed by atoms with Gasteiger partial charge in [0.15, 0.2) is 5.69 Å². The number of benzene rings is 2. The van der Waals surface area contributed by atoms with Crippen molar-refractivity contribution in [3.05, 3.63) is 70.8 Å². The van der Waals surface area contributed by atoms with Crippen molar-refractivity contribution in [2.45, 2.75) is 76.9 Å². The Morgan fingerprint density at radius 1 is 0.979 bits per heavy atom. The van der Waals surface area contributed by atoms with Crippen LogP contribution in [0, 0.1) is 36.4 Å². The highest BCUT2D eigenvalue weighted by Gasteiger charge is 2.54. The minimum absolute atomic E-state index is 0.00490. The lowest BCUT2D eigenvalue weighted by atomic mass is 9.88. The van der Waals surface area contributed by atoms with Crippen molar-refractivity contribution in [2.75, 3.05) is 17.2 Å². The number of aromatic nitrogens is 2. The maximum absolute atomic E-state index is 14.1. The second kappa shape index (κ2) is 12.3. The van der Waals surface area contributed by atoms with E-state index in [1.54, 1.807) is 24.0 Å². The van der Waals surface area contributed by atoms with E-state index in [4.69, 9.17) is 4.63 Å². The molecule has 0 bridgehead atoms. The molecule has 3 atom stereocenters. The van der Waals surface area contributed by atoms with Crippen LogP contribution in [0.15, 0.2) is 47.1 Å². The van der Waals surface area contributed by atoms with Gasteiger partial charge in [-0.3, -0.25) is 14.4 Å². The summed E-state index contributed by atoms with van der Waals surface area (Å²) in [7, 11) is 0. The molecule has 2 heterocycles. The van der Waals surface area contributed by atoms with Gasteiger partial charge in [-0.15, -0.1) is 0 Å². The van der Waals surface area contributed by atoms with Crippen LogP contribution >= 0.6 is 0 Å². The number of hydrogen-bond acceptors (Lipinski definition) is 7. The average Bonchev–Trinajstić information content (AvgIpc) is 3.94. The molecule has 1 aromatic heterocycles. The summed E-state index contributed by atoms with van der Waals surface area (Å²) in [5.41, 5.74) is 1.63. The number of nitrogens with zero attached hydrogens (tertiary/aromatic N) is 3. The average molecular weight is 658 g/mol. The fourth-order valence-corrected chi connectivity index (χ4v) is 7.42. The van der Waals surface area contributed by atoms with E-state index >= 15 is 0 Å². The van der Waals surface area contributed by atoms with E-state index in [2.05, 4.69) is 31.6 Å². The van der Waals surface area contributed by atoms with Crippen molar-refractivity contribution in [3.8, 4) is 0 Å². The van der Waals surface area contributed by atoms with Gasteiger partial charge in [0.05, 0.1) is 6.04 Å². The first-order valence-electron chi connectivity index (χ1n) is 16.7. The van der Waals surface area contributed by atoms with Gasteiger partial charge >= 0.3 is 6.03 Å². The van der Waals surface area contributed by atoms with Gasteiger partial charge in [-0.1, -0.05) is 31.1 Å². The Morgan fingerprint density at radius 3 is 2.31 bits per heavy atom. The molecule has 2 aromatic carbocycles. The van der Waals surface area contributed by atoms with Gasteiger partial charge in [0.25, 0.3) is 11.8 Å². The molecule has 1 saturated heterocycles. The lowest BCUT2D eigenvalue weighted by molar-refractivity contribution is -0.125. The number of hydrogen-bond donors (Lipinski definition) is 4. The van der Waals surface area contributed by atoms with E-state index in [0.717, 1.165) is 36.8 Å². The largest absolute Gasteiger partial charge is 0.338 e. The minimum atomic E-state index is -1.27.